The summed E-state index contributed by atoms with van der Waals surface area (Å²) in [5.74, 6) is -0.115. The number of rotatable bonds is 2. The number of carbonyl (C=O) groups excluding carboxylic acids is 1. The molecule has 1 amide bonds. The highest BCUT2D eigenvalue weighted by Gasteiger charge is 2.28. The molecular formula is C12H17N3O2. The van der Waals surface area contributed by atoms with Crippen LogP contribution in [0.4, 0.5) is 5.69 Å². The molecule has 17 heavy (non-hydrogen) atoms. The zero-order valence-electron chi connectivity index (χ0n) is 10.0. The molecule has 0 spiro atoms. The molecule has 0 saturated carbocycles. The number of nitrogens with zero attached hydrogens (tertiary/aromatic N) is 1. The second kappa shape index (κ2) is 4.81. The van der Waals surface area contributed by atoms with E-state index in [1.807, 2.05) is 26.0 Å². The molecule has 0 aromatic carbocycles. The van der Waals surface area contributed by atoms with Gasteiger partial charge in [0.1, 0.15) is 0 Å². The largest absolute Gasteiger partial charge is 0.392 e. The fourth-order valence-corrected chi connectivity index (χ4v) is 1.96. The molecule has 2 heterocycles. The monoisotopic (exact) mass is 235 g/mol. The minimum Gasteiger partial charge on any atom is -0.392 e. The van der Waals surface area contributed by atoms with Crippen LogP contribution in [0.1, 0.15) is 17.8 Å². The minimum atomic E-state index is -0.428. The standard InChI is InChI=1S/C12H17N3O2/c1-7-3-4-10(8(2)14-7)15-12(17)11-5-9(16)6-13-11/h3-4,9,11,13,16H,5-6H2,1-2H3,(H,15,17). The highest BCUT2D eigenvalue weighted by Crippen LogP contribution is 2.14. The second-order valence-electron chi connectivity index (χ2n) is 4.43. The van der Waals surface area contributed by atoms with E-state index < -0.39 is 6.10 Å². The molecule has 0 bridgehead atoms. The van der Waals surface area contributed by atoms with Crippen LogP contribution in [-0.2, 0) is 4.79 Å². The van der Waals surface area contributed by atoms with Gasteiger partial charge in [-0.15, -0.1) is 0 Å². The van der Waals surface area contributed by atoms with Crippen LogP contribution in [0.25, 0.3) is 0 Å². The van der Waals surface area contributed by atoms with Gasteiger partial charge in [-0.1, -0.05) is 0 Å². The Kier molecular flexibility index (Phi) is 3.40. The van der Waals surface area contributed by atoms with Crippen molar-refractivity contribution in [1.29, 1.82) is 0 Å². The summed E-state index contributed by atoms with van der Waals surface area (Å²) in [5.41, 5.74) is 2.45. The smallest absolute Gasteiger partial charge is 0.241 e. The first-order valence-electron chi connectivity index (χ1n) is 5.73. The van der Waals surface area contributed by atoms with Gasteiger partial charge >= 0.3 is 0 Å². The van der Waals surface area contributed by atoms with Crippen molar-refractivity contribution in [3.05, 3.63) is 23.5 Å². The number of aromatic nitrogens is 1. The fraction of sp³-hybridized carbons (Fsp3) is 0.500. The number of hydrogen-bond acceptors (Lipinski definition) is 4. The van der Waals surface area contributed by atoms with E-state index >= 15 is 0 Å². The summed E-state index contributed by atoms with van der Waals surface area (Å²) in [6.07, 6.45) is 0.0347. The summed E-state index contributed by atoms with van der Waals surface area (Å²) in [6.45, 7) is 4.25. The molecule has 5 heteroatoms. The Bertz CT molecular complexity index is 434. The lowest BCUT2D eigenvalue weighted by Crippen LogP contribution is -2.35. The lowest BCUT2D eigenvalue weighted by molar-refractivity contribution is -0.117. The van der Waals surface area contributed by atoms with Crippen LogP contribution in [-0.4, -0.2) is 34.7 Å². The van der Waals surface area contributed by atoms with Crippen LogP contribution in [0.15, 0.2) is 12.1 Å². The summed E-state index contributed by atoms with van der Waals surface area (Å²) < 4.78 is 0. The summed E-state index contributed by atoms with van der Waals surface area (Å²) in [6, 6.07) is 3.39. The Labute approximate surface area is 100 Å². The molecule has 1 fully saturated rings. The Morgan fingerprint density at radius 2 is 2.29 bits per heavy atom. The van der Waals surface area contributed by atoms with E-state index in [1.54, 1.807) is 0 Å². The maximum absolute atomic E-state index is 11.9. The highest BCUT2D eigenvalue weighted by atomic mass is 16.3. The van der Waals surface area contributed by atoms with Gasteiger partial charge in [-0.25, -0.2) is 0 Å². The number of amides is 1. The van der Waals surface area contributed by atoms with Gasteiger partial charge in [0.15, 0.2) is 0 Å². The maximum Gasteiger partial charge on any atom is 0.241 e. The van der Waals surface area contributed by atoms with Gasteiger partial charge in [-0.2, -0.15) is 0 Å². The van der Waals surface area contributed by atoms with Crippen molar-refractivity contribution in [3.63, 3.8) is 0 Å². The van der Waals surface area contributed by atoms with Gasteiger partial charge in [0, 0.05) is 12.2 Å². The highest BCUT2D eigenvalue weighted by molar-refractivity contribution is 5.95. The molecule has 1 aromatic rings. The Hall–Kier alpha value is -1.46. The third-order valence-electron chi connectivity index (χ3n) is 2.91. The minimum absolute atomic E-state index is 0.115. The number of aryl methyl sites for hydroxylation is 2. The van der Waals surface area contributed by atoms with Gasteiger partial charge in [-0.3, -0.25) is 9.78 Å². The van der Waals surface area contributed by atoms with Crippen LogP contribution in [0.5, 0.6) is 0 Å². The number of β-amino-alcohol motifs (C(OH)–C–C–N with tert-alkyl or cyclic N) is 1. The van der Waals surface area contributed by atoms with Crippen molar-refractivity contribution < 1.29 is 9.90 Å². The average molecular weight is 235 g/mol. The van der Waals surface area contributed by atoms with Crippen LogP contribution in [0.2, 0.25) is 0 Å². The van der Waals surface area contributed by atoms with E-state index in [9.17, 15) is 9.90 Å². The molecule has 0 radical (unpaired) electrons. The Balaban J connectivity index is 2.03. The van der Waals surface area contributed by atoms with E-state index in [1.165, 1.54) is 0 Å². The predicted octanol–water partition coefficient (Wildman–Crippen LogP) is 0.360. The lowest BCUT2D eigenvalue weighted by atomic mass is 10.2. The van der Waals surface area contributed by atoms with E-state index in [0.717, 1.165) is 17.1 Å². The molecule has 3 N–H and O–H groups in total. The van der Waals surface area contributed by atoms with Gasteiger partial charge in [0.05, 0.1) is 23.5 Å². The molecule has 2 unspecified atom stereocenters. The van der Waals surface area contributed by atoms with Gasteiger partial charge < -0.3 is 15.7 Å². The average Bonchev–Trinajstić information content (AvgIpc) is 2.69. The number of pyridine rings is 1. The quantitative estimate of drug-likeness (QED) is 0.692. The lowest BCUT2D eigenvalue weighted by Gasteiger charge is -2.12. The Morgan fingerprint density at radius 1 is 1.53 bits per heavy atom. The summed E-state index contributed by atoms with van der Waals surface area (Å²) in [7, 11) is 0. The number of aliphatic hydroxyl groups excluding tert-OH is 1. The number of nitrogens with one attached hydrogen (secondary N) is 2. The third kappa shape index (κ3) is 2.81. The van der Waals surface area contributed by atoms with Crippen molar-refractivity contribution in [2.24, 2.45) is 0 Å². The normalized spacial score (nSPS) is 23.7. The third-order valence-corrected chi connectivity index (χ3v) is 2.91. The van der Waals surface area contributed by atoms with Crippen LogP contribution in [0, 0.1) is 13.8 Å². The zero-order chi connectivity index (χ0) is 12.4. The van der Waals surface area contributed by atoms with Gasteiger partial charge in [0.25, 0.3) is 0 Å². The molecule has 1 aliphatic heterocycles. The molecule has 5 nitrogen and oxygen atoms in total. The summed E-state index contributed by atoms with van der Waals surface area (Å²) >= 11 is 0. The van der Waals surface area contributed by atoms with E-state index in [2.05, 4.69) is 15.6 Å². The van der Waals surface area contributed by atoms with Crippen LogP contribution < -0.4 is 10.6 Å². The molecule has 92 valence electrons. The van der Waals surface area contributed by atoms with Gasteiger partial charge in [-0.05, 0) is 32.4 Å². The molecule has 1 saturated heterocycles. The topological polar surface area (TPSA) is 74.2 Å². The summed E-state index contributed by atoms with van der Waals surface area (Å²) in [4.78, 5) is 16.2. The number of hydrogen-bond donors (Lipinski definition) is 3. The molecule has 1 aromatic heterocycles. The maximum atomic E-state index is 11.9. The first kappa shape index (κ1) is 12.0. The van der Waals surface area contributed by atoms with Gasteiger partial charge in [0.2, 0.25) is 5.91 Å². The van der Waals surface area contributed by atoms with Crippen molar-refractivity contribution in [2.75, 3.05) is 11.9 Å². The van der Waals surface area contributed by atoms with E-state index in [4.69, 9.17) is 0 Å². The summed E-state index contributed by atoms with van der Waals surface area (Å²) in [5, 5.41) is 15.2. The van der Waals surface area contributed by atoms with Crippen molar-refractivity contribution in [1.82, 2.24) is 10.3 Å². The number of carbonyl (C=O) groups is 1. The first-order valence-corrected chi connectivity index (χ1v) is 5.73. The number of anilines is 1. The fourth-order valence-electron chi connectivity index (χ4n) is 1.96. The second-order valence-corrected chi connectivity index (χ2v) is 4.43. The van der Waals surface area contributed by atoms with Crippen molar-refractivity contribution >= 4 is 11.6 Å². The van der Waals surface area contributed by atoms with Crippen LogP contribution in [0.3, 0.4) is 0 Å². The SMILES string of the molecule is Cc1ccc(NC(=O)C2CC(O)CN2)c(C)n1. The van der Waals surface area contributed by atoms with E-state index in [-0.39, 0.29) is 11.9 Å². The molecule has 1 aliphatic rings. The van der Waals surface area contributed by atoms with Crippen molar-refractivity contribution in [2.45, 2.75) is 32.4 Å². The molecular weight excluding hydrogens is 218 g/mol. The number of aliphatic hydroxyl groups is 1. The molecule has 2 rings (SSSR count). The first-order chi connectivity index (χ1) is 8.06. The predicted molar refractivity (Wildman–Crippen MR) is 64.8 cm³/mol. The zero-order valence-corrected chi connectivity index (χ0v) is 10.0. The van der Waals surface area contributed by atoms with Crippen molar-refractivity contribution in [3.8, 4) is 0 Å². The Morgan fingerprint density at radius 3 is 2.88 bits per heavy atom. The molecule has 2 atom stereocenters. The van der Waals surface area contributed by atoms with E-state index in [0.29, 0.717) is 13.0 Å². The van der Waals surface area contributed by atoms with Crippen LogP contribution >= 0.6 is 0 Å². The molecule has 0 aliphatic carbocycles.